The minimum Gasteiger partial charge on any atom is -0.398 e. The molecular formula is C55H37NS. The second kappa shape index (κ2) is 13.6. The van der Waals surface area contributed by atoms with Crippen molar-refractivity contribution in [2.75, 3.05) is 5.73 Å². The number of nitrogens with two attached hydrogens (primary N) is 1. The van der Waals surface area contributed by atoms with Gasteiger partial charge < -0.3 is 5.73 Å². The van der Waals surface area contributed by atoms with Crippen molar-refractivity contribution in [2.24, 2.45) is 0 Å². The molecule has 9 aromatic carbocycles. The van der Waals surface area contributed by atoms with Gasteiger partial charge in [-0.2, -0.15) is 0 Å². The predicted octanol–water partition coefficient (Wildman–Crippen LogP) is 15.2. The second-order valence-electron chi connectivity index (χ2n) is 14.9. The smallest absolute Gasteiger partial charge is 0.0479 e. The van der Waals surface area contributed by atoms with Crippen molar-refractivity contribution >= 4 is 37.2 Å². The highest BCUT2D eigenvalue weighted by Crippen LogP contribution is 2.55. The average molecular weight is 744 g/mol. The number of rotatable bonds is 6. The van der Waals surface area contributed by atoms with Crippen LogP contribution < -0.4 is 5.73 Å². The van der Waals surface area contributed by atoms with Gasteiger partial charge in [-0.05, 0) is 103 Å². The number of hydrogen-bond donors (Lipinski definition) is 1. The van der Waals surface area contributed by atoms with Gasteiger partial charge in [0, 0.05) is 37.0 Å². The molecule has 0 radical (unpaired) electrons. The molecule has 2 heteroatoms. The van der Waals surface area contributed by atoms with Gasteiger partial charge in [0.2, 0.25) is 0 Å². The molecule has 1 aliphatic carbocycles. The molecule has 10 aromatic rings. The van der Waals surface area contributed by atoms with Crippen molar-refractivity contribution in [1.29, 1.82) is 0 Å². The number of hydrogen-bond acceptors (Lipinski definition) is 2. The van der Waals surface area contributed by atoms with Crippen LogP contribution in [0.3, 0.4) is 0 Å². The molecule has 0 saturated heterocycles. The Morgan fingerprint density at radius 1 is 0.351 bits per heavy atom. The van der Waals surface area contributed by atoms with E-state index in [2.05, 4.69) is 200 Å². The molecule has 1 nitrogen and oxygen atoms in total. The first-order valence-corrected chi connectivity index (χ1v) is 20.4. The molecule has 0 bridgehead atoms. The number of benzene rings is 9. The molecule has 0 unspecified atom stereocenters. The molecule has 0 spiro atoms. The molecule has 0 saturated carbocycles. The van der Waals surface area contributed by atoms with Gasteiger partial charge in [-0.1, -0.05) is 182 Å². The first-order valence-electron chi connectivity index (χ1n) is 19.6. The van der Waals surface area contributed by atoms with Crippen LogP contribution in [0, 0.1) is 0 Å². The summed E-state index contributed by atoms with van der Waals surface area (Å²) in [6, 6.07) is 72.8. The first kappa shape index (κ1) is 33.3. The Morgan fingerprint density at radius 2 is 0.912 bits per heavy atom. The van der Waals surface area contributed by atoms with Crippen LogP contribution in [0.2, 0.25) is 0 Å². The summed E-state index contributed by atoms with van der Waals surface area (Å²) in [6.07, 6.45) is 0.845. The van der Waals surface area contributed by atoms with Gasteiger partial charge in [0.1, 0.15) is 0 Å². The van der Waals surface area contributed by atoms with Crippen molar-refractivity contribution in [1.82, 2.24) is 0 Å². The third-order valence-corrected chi connectivity index (χ3v) is 12.9. The monoisotopic (exact) mass is 743 g/mol. The van der Waals surface area contributed by atoms with Gasteiger partial charge in [0.25, 0.3) is 0 Å². The van der Waals surface area contributed by atoms with E-state index in [1.54, 1.807) is 0 Å². The summed E-state index contributed by atoms with van der Waals surface area (Å²) in [5.74, 6) is 0. The molecule has 0 fully saturated rings. The zero-order chi connectivity index (χ0) is 37.9. The maximum absolute atomic E-state index is 7.69. The Kier molecular flexibility index (Phi) is 7.98. The van der Waals surface area contributed by atoms with Crippen LogP contribution >= 0.6 is 11.3 Å². The molecule has 0 atom stereocenters. The van der Waals surface area contributed by atoms with E-state index in [0.29, 0.717) is 0 Å². The van der Waals surface area contributed by atoms with Crippen molar-refractivity contribution < 1.29 is 0 Å². The number of nitrogen functional groups attached to an aromatic ring is 1. The van der Waals surface area contributed by atoms with Crippen molar-refractivity contribution in [2.45, 2.75) is 6.42 Å². The van der Waals surface area contributed by atoms with Crippen LogP contribution in [0.5, 0.6) is 0 Å². The lowest BCUT2D eigenvalue weighted by Crippen LogP contribution is -2.02. The Bertz CT molecular complexity index is 3140. The zero-order valence-electron chi connectivity index (χ0n) is 31.2. The zero-order valence-corrected chi connectivity index (χ0v) is 32.1. The molecule has 2 N–H and O–H groups in total. The van der Waals surface area contributed by atoms with E-state index < -0.39 is 0 Å². The van der Waals surface area contributed by atoms with Gasteiger partial charge in [-0.15, -0.1) is 11.3 Å². The predicted molar refractivity (Wildman–Crippen MR) is 245 cm³/mol. The maximum atomic E-state index is 7.69. The van der Waals surface area contributed by atoms with Crippen LogP contribution in [0.25, 0.3) is 98.1 Å². The maximum Gasteiger partial charge on any atom is 0.0479 e. The van der Waals surface area contributed by atoms with Crippen LogP contribution in [-0.2, 0) is 6.42 Å². The van der Waals surface area contributed by atoms with Crippen LogP contribution in [0.15, 0.2) is 200 Å². The summed E-state index contributed by atoms with van der Waals surface area (Å²) in [7, 11) is 0. The highest BCUT2D eigenvalue weighted by atomic mass is 32.1. The third-order valence-electron chi connectivity index (χ3n) is 11.7. The summed E-state index contributed by atoms with van der Waals surface area (Å²) < 4.78 is 2.58. The second-order valence-corrected chi connectivity index (χ2v) is 16.0. The topological polar surface area (TPSA) is 26.0 Å². The van der Waals surface area contributed by atoms with Crippen molar-refractivity contribution in [3.63, 3.8) is 0 Å². The first-order chi connectivity index (χ1) is 28.2. The van der Waals surface area contributed by atoms with Gasteiger partial charge in [-0.25, -0.2) is 0 Å². The fourth-order valence-electron chi connectivity index (χ4n) is 9.25. The molecule has 1 aromatic heterocycles. The van der Waals surface area contributed by atoms with Crippen molar-refractivity contribution in [3.8, 4) is 77.9 Å². The number of anilines is 1. The van der Waals surface area contributed by atoms with Gasteiger partial charge in [0.15, 0.2) is 0 Å². The molecule has 0 aliphatic heterocycles. The third kappa shape index (κ3) is 5.44. The van der Waals surface area contributed by atoms with Crippen LogP contribution in [0.4, 0.5) is 5.69 Å². The van der Waals surface area contributed by atoms with E-state index in [0.717, 1.165) is 39.9 Å². The summed E-state index contributed by atoms with van der Waals surface area (Å²) in [4.78, 5) is 0. The summed E-state index contributed by atoms with van der Waals surface area (Å²) >= 11 is 1.86. The minimum absolute atomic E-state index is 0.780. The van der Waals surface area contributed by atoms with E-state index in [1.807, 2.05) is 11.3 Å². The van der Waals surface area contributed by atoms with E-state index in [-0.39, 0.29) is 0 Å². The fourth-order valence-corrected chi connectivity index (χ4v) is 10.4. The lowest BCUT2D eigenvalue weighted by molar-refractivity contribution is 1.26. The average Bonchev–Trinajstić information content (AvgIpc) is 3.85. The normalized spacial score (nSPS) is 11.9. The van der Waals surface area contributed by atoms with Gasteiger partial charge in [-0.3, -0.25) is 0 Å². The summed E-state index contributed by atoms with van der Waals surface area (Å²) in [5, 5.41) is 2.57. The summed E-state index contributed by atoms with van der Waals surface area (Å²) in [6.45, 7) is 0. The minimum atomic E-state index is 0.780. The standard InChI is InChI=1S/C55H37NS/c56-55-40(35-17-4-1-5-18-35)31-32-45(54(55)43-26-13-12-25-41(43)42-28-16-30-50-52(42)44-27-14-15-29-49(44)57-50)53-48-33-38-23-10-11-24-39(38)47(48)34-46(36-19-6-2-7-20-36)51(53)37-21-8-3-9-22-37/h1-32,34H,33,56H2. The van der Waals surface area contributed by atoms with E-state index >= 15 is 0 Å². The highest BCUT2D eigenvalue weighted by molar-refractivity contribution is 7.25. The molecule has 11 rings (SSSR count). The molecule has 268 valence electrons. The Labute approximate surface area is 337 Å². The van der Waals surface area contributed by atoms with E-state index in [4.69, 9.17) is 5.73 Å². The Balaban J connectivity index is 1.29. The molecule has 1 aliphatic rings. The quantitative estimate of drug-likeness (QED) is 0.169. The Morgan fingerprint density at radius 3 is 1.67 bits per heavy atom. The lowest BCUT2D eigenvalue weighted by atomic mass is 9.78. The molecule has 0 amide bonds. The van der Waals surface area contributed by atoms with Gasteiger partial charge in [0.05, 0.1) is 0 Å². The molecule has 1 heterocycles. The van der Waals surface area contributed by atoms with Crippen molar-refractivity contribution in [3.05, 3.63) is 211 Å². The van der Waals surface area contributed by atoms with Crippen LogP contribution in [0.1, 0.15) is 11.1 Å². The SMILES string of the molecule is Nc1c(-c2ccccc2)ccc(-c2c3c(cc(-c4ccccc4)c2-c2ccccc2)-c2ccccc2C3)c1-c1ccccc1-c1cccc2sc3ccccc3c12. The Hall–Kier alpha value is -7.00. The number of thiophene rings is 1. The highest BCUT2D eigenvalue weighted by Gasteiger charge is 2.30. The number of fused-ring (bicyclic) bond motifs is 6. The molecule has 57 heavy (non-hydrogen) atoms. The van der Waals surface area contributed by atoms with Crippen LogP contribution in [-0.4, -0.2) is 0 Å². The molecular weight excluding hydrogens is 707 g/mol. The van der Waals surface area contributed by atoms with Gasteiger partial charge >= 0.3 is 0 Å². The van der Waals surface area contributed by atoms with E-state index in [9.17, 15) is 0 Å². The summed E-state index contributed by atoms with van der Waals surface area (Å²) in [5.41, 5.74) is 27.7. The largest absolute Gasteiger partial charge is 0.398 e. The lowest BCUT2D eigenvalue weighted by Gasteiger charge is -2.25. The van der Waals surface area contributed by atoms with E-state index in [1.165, 1.54) is 81.4 Å². The fraction of sp³-hybridized carbons (Fsp3) is 0.0182.